The van der Waals surface area contributed by atoms with Gasteiger partial charge in [-0.2, -0.15) is 0 Å². The molecule has 0 atom stereocenters. The number of aromatic nitrogens is 2. The number of aryl methyl sites for hydroxylation is 1. The Morgan fingerprint density at radius 2 is 1.93 bits per heavy atom. The van der Waals surface area contributed by atoms with E-state index in [4.69, 9.17) is 0 Å². The van der Waals surface area contributed by atoms with Crippen LogP contribution >= 0.6 is 11.8 Å². The summed E-state index contributed by atoms with van der Waals surface area (Å²) >= 11 is 1.71. The minimum Gasteiger partial charge on any atom is -0.322 e. The number of hydrogen-bond donors (Lipinski definition) is 1. The summed E-state index contributed by atoms with van der Waals surface area (Å²) in [5, 5.41) is 2.97. The predicted molar refractivity (Wildman–Crippen MR) is 115 cm³/mol. The fourth-order valence-electron chi connectivity index (χ4n) is 2.99. The van der Waals surface area contributed by atoms with E-state index in [-0.39, 0.29) is 5.91 Å². The zero-order valence-corrected chi connectivity index (χ0v) is 16.4. The normalized spacial score (nSPS) is 10.9. The number of benzene rings is 2. The van der Waals surface area contributed by atoms with Crippen LogP contribution in [0.3, 0.4) is 0 Å². The summed E-state index contributed by atoms with van der Waals surface area (Å²) in [4.78, 5) is 18.2. The first-order valence-corrected chi connectivity index (χ1v) is 10.3. The van der Waals surface area contributed by atoms with E-state index < -0.39 is 0 Å². The molecule has 2 heterocycles. The molecule has 0 bridgehead atoms. The molecule has 1 N–H and O–H groups in total. The fraction of sp³-hybridized carbons (Fsp3) is 0.130. The SMILES string of the molecule is CCc1cccc(NC(=O)c2ccc(SCc3cn4ccccc4n3)cc2)c1. The van der Waals surface area contributed by atoms with Gasteiger partial charge in [-0.15, -0.1) is 11.8 Å². The van der Waals surface area contributed by atoms with Gasteiger partial charge < -0.3 is 9.72 Å². The molecule has 0 unspecified atom stereocenters. The fourth-order valence-corrected chi connectivity index (χ4v) is 3.77. The Balaban J connectivity index is 1.38. The monoisotopic (exact) mass is 387 g/mol. The number of nitrogens with zero attached hydrogens (tertiary/aromatic N) is 2. The van der Waals surface area contributed by atoms with Gasteiger partial charge >= 0.3 is 0 Å². The second-order valence-corrected chi connectivity index (χ2v) is 7.57. The maximum atomic E-state index is 12.5. The van der Waals surface area contributed by atoms with Crippen LogP contribution in [0.15, 0.2) is 84.0 Å². The first-order valence-electron chi connectivity index (χ1n) is 9.27. The minimum atomic E-state index is -0.0925. The maximum absolute atomic E-state index is 12.5. The van der Waals surface area contributed by atoms with E-state index in [2.05, 4.69) is 29.5 Å². The van der Waals surface area contributed by atoms with Gasteiger partial charge in [0, 0.05) is 34.3 Å². The lowest BCUT2D eigenvalue weighted by Crippen LogP contribution is -2.11. The third kappa shape index (κ3) is 4.26. The molecule has 0 aliphatic rings. The highest BCUT2D eigenvalue weighted by molar-refractivity contribution is 7.98. The van der Waals surface area contributed by atoms with Crippen molar-refractivity contribution in [2.45, 2.75) is 24.0 Å². The number of imidazole rings is 1. The number of carbonyl (C=O) groups is 1. The number of pyridine rings is 1. The van der Waals surface area contributed by atoms with Crippen LogP contribution in [0.1, 0.15) is 28.5 Å². The number of hydrogen-bond acceptors (Lipinski definition) is 3. The zero-order chi connectivity index (χ0) is 19.3. The minimum absolute atomic E-state index is 0.0925. The summed E-state index contributed by atoms with van der Waals surface area (Å²) in [5.41, 5.74) is 4.68. The lowest BCUT2D eigenvalue weighted by molar-refractivity contribution is 0.102. The maximum Gasteiger partial charge on any atom is 0.255 e. The van der Waals surface area contributed by atoms with Crippen molar-refractivity contribution < 1.29 is 4.79 Å². The van der Waals surface area contributed by atoms with Crippen molar-refractivity contribution in [2.75, 3.05) is 5.32 Å². The molecule has 0 saturated heterocycles. The number of fused-ring (bicyclic) bond motifs is 1. The van der Waals surface area contributed by atoms with Gasteiger partial charge in [-0.1, -0.05) is 25.1 Å². The highest BCUT2D eigenvalue weighted by atomic mass is 32.2. The van der Waals surface area contributed by atoms with Gasteiger partial charge in [-0.3, -0.25) is 4.79 Å². The van der Waals surface area contributed by atoms with Crippen LogP contribution in [0.5, 0.6) is 0 Å². The molecule has 4 nitrogen and oxygen atoms in total. The van der Waals surface area contributed by atoms with Gasteiger partial charge in [-0.25, -0.2) is 4.98 Å². The van der Waals surface area contributed by atoms with Gasteiger partial charge in [0.05, 0.1) is 5.69 Å². The summed E-state index contributed by atoms with van der Waals surface area (Å²) in [6.07, 6.45) is 5.00. The first kappa shape index (κ1) is 18.3. The summed E-state index contributed by atoms with van der Waals surface area (Å²) in [7, 11) is 0. The third-order valence-corrected chi connectivity index (χ3v) is 5.56. The molecule has 5 heteroatoms. The molecule has 28 heavy (non-hydrogen) atoms. The smallest absolute Gasteiger partial charge is 0.255 e. The Hall–Kier alpha value is -3.05. The number of nitrogens with one attached hydrogen (secondary N) is 1. The highest BCUT2D eigenvalue weighted by Gasteiger charge is 2.07. The van der Waals surface area contributed by atoms with Gasteiger partial charge in [0.15, 0.2) is 0 Å². The quantitative estimate of drug-likeness (QED) is 0.448. The number of rotatable bonds is 6. The van der Waals surface area contributed by atoms with Crippen LogP contribution in [0.4, 0.5) is 5.69 Å². The van der Waals surface area contributed by atoms with Crippen LogP contribution in [0.25, 0.3) is 5.65 Å². The van der Waals surface area contributed by atoms with Crippen molar-refractivity contribution in [3.05, 3.63) is 95.9 Å². The second-order valence-electron chi connectivity index (χ2n) is 6.52. The number of thioether (sulfide) groups is 1. The molecule has 0 spiro atoms. The summed E-state index contributed by atoms with van der Waals surface area (Å²) in [6, 6.07) is 21.6. The Bertz CT molecular complexity index is 1070. The Labute approximate surface area is 168 Å². The van der Waals surface area contributed by atoms with Crippen molar-refractivity contribution in [3.8, 4) is 0 Å². The molecule has 0 radical (unpaired) electrons. The molecule has 4 rings (SSSR count). The average molecular weight is 388 g/mol. The number of anilines is 1. The zero-order valence-electron chi connectivity index (χ0n) is 15.6. The van der Waals surface area contributed by atoms with Crippen LogP contribution in [-0.4, -0.2) is 15.3 Å². The molecule has 0 fully saturated rings. The van der Waals surface area contributed by atoms with Crippen molar-refractivity contribution in [1.29, 1.82) is 0 Å². The molecule has 2 aromatic carbocycles. The molecule has 0 aliphatic carbocycles. The van der Waals surface area contributed by atoms with E-state index in [1.165, 1.54) is 5.56 Å². The standard InChI is InChI=1S/C23H21N3OS/c1-2-17-6-5-7-19(14-17)25-23(27)18-9-11-21(12-10-18)28-16-20-15-26-13-4-3-8-22(26)24-20/h3-15H,2,16H2,1H3,(H,25,27). The topological polar surface area (TPSA) is 46.4 Å². The van der Waals surface area contributed by atoms with Crippen molar-refractivity contribution in [1.82, 2.24) is 9.38 Å². The average Bonchev–Trinajstić information content (AvgIpc) is 3.16. The van der Waals surface area contributed by atoms with E-state index in [1.54, 1.807) is 11.8 Å². The lowest BCUT2D eigenvalue weighted by atomic mass is 10.1. The van der Waals surface area contributed by atoms with E-state index in [0.29, 0.717) is 5.56 Å². The van der Waals surface area contributed by atoms with Crippen LogP contribution in [0.2, 0.25) is 0 Å². The summed E-state index contributed by atoms with van der Waals surface area (Å²) in [5.74, 6) is 0.696. The summed E-state index contributed by atoms with van der Waals surface area (Å²) in [6.45, 7) is 2.10. The summed E-state index contributed by atoms with van der Waals surface area (Å²) < 4.78 is 2.02. The molecule has 1 amide bonds. The Morgan fingerprint density at radius 1 is 1.07 bits per heavy atom. The van der Waals surface area contributed by atoms with E-state index >= 15 is 0 Å². The van der Waals surface area contributed by atoms with Crippen molar-refractivity contribution in [3.63, 3.8) is 0 Å². The second kappa shape index (κ2) is 8.31. The van der Waals surface area contributed by atoms with Crippen LogP contribution < -0.4 is 5.32 Å². The Kier molecular flexibility index (Phi) is 5.44. The molecule has 2 aromatic heterocycles. The van der Waals surface area contributed by atoms with Gasteiger partial charge in [0.1, 0.15) is 5.65 Å². The first-order chi connectivity index (χ1) is 13.7. The Morgan fingerprint density at radius 3 is 2.71 bits per heavy atom. The molecule has 140 valence electrons. The van der Waals surface area contributed by atoms with Gasteiger partial charge in [-0.05, 0) is 60.5 Å². The molecule has 0 saturated carbocycles. The van der Waals surface area contributed by atoms with Gasteiger partial charge in [0.2, 0.25) is 0 Å². The van der Waals surface area contributed by atoms with Crippen molar-refractivity contribution in [2.24, 2.45) is 0 Å². The van der Waals surface area contributed by atoms with Crippen LogP contribution in [-0.2, 0) is 12.2 Å². The predicted octanol–water partition coefficient (Wildman–Crippen LogP) is 5.44. The number of carbonyl (C=O) groups excluding carboxylic acids is 1. The van der Waals surface area contributed by atoms with E-state index in [1.807, 2.05) is 71.3 Å². The lowest BCUT2D eigenvalue weighted by Gasteiger charge is -2.07. The largest absolute Gasteiger partial charge is 0.322 e. The molecule has 0 aliphatic heterocycles. The van der Waals surface area contributed by atoms with Crippen LogP contribution in [0, 0.1) is 0 Å². The molecule has 4 aromatic rings. The van der Waals surface area contributed by atoms with E-state index in [9.17, 15) is 4.79 Å². The molecular formula is C23H21N3OS. The van der Waals surface area contributed by atoms with Gasteiger partial charge in [0.25, 0.3) is 5.91 Å². The highest BCUT2D eigenvalue weighted by Crippen LogP contribution is 2.23. The molecular weight excluding hydrogens is 366 g/mol. The van der Waals surface area contributed by atoms with E-state index in [0.717, 1.165) is 34.1 Å². The third-order valence-electron chi connectivity index (χ3n) is 4.51. The number of amides is 1. The van der Waals surface area contributed by atoms with Crippen molar-refractivity contribution >= 4 is 29.0 Å².